The Hall–Kier alpha value is -0.610. The molecular weight excluding hydrogens is 146 g/mol. The number of rotatable bonds is 3. The maximum Gasteiger partial charge on any atom is 0.305 e. The van der Waals surface area contributed by atoms with Crippen molar-refractivity contribution in [1.29, 1.82) is 0 Å². The number of ether oxygens (including phenoxy) is 1. The third kappa shape index (κ3) is 9.39. The Kier molecular flexibility index (Phi) is 6.03. The largest absolute Gasteiger partial charge is 0.469 e. The highest BCUT2D eigenvalue weighted by Crippen LogP contribution is 2.09. The van der Waals surface area contributed by atoms with Gasteiger partial charge in [0.15, 0.2) is 0 Å². The average molecular weight is 163 g/mol. The van der Waals surface area contributed by atoms with E-state index in [9.17, 15) is 4.79 Å². The number of carbonyl (C=O) groups excluding carboxylic acids is 1. The molecule has 0 atom stereocenters. The van der Waals surface area contributed by atoms with Gasteiger partial charge in [0.25, 0.3) is 0 Å². The van der Waals surface area contributed by atoms with E-state index in [1.54, 1.807) is 13.8 Å². The average Bonchev–Trinajstić information content (AvgIpc) is 1.81. The second-order valence-electron chi connectivity index (χ2n) is 2.89. The summed E-state index contributed by atoms with van der Waals surface area (Å²) in [5, 5.41) is 9.15. The molecule has 0 bridgehead atoms. The van der Waals surface area contributed by atoms with Crippen molar-refractivity contribution in [3.05, 3.63) is 0 Å². The van der Waals surface area contributed by atoms with Gasteiger partial charge >= 0.3 is 5.97 Å². The molecule has 0 saturated carbocycles. The normalized spacial score (nSPS) is 10.2. The van der Waals surface area contributed by atoms with Gasteiger partial charge in [0.1, 0.15) is 0 Å². The second-order valence-corrected chi connectivity index (χ2v) is 2.89. The zero-order valence-electron chi connectivity index (χ0n) is 7.39. The summed E-state index contributed by atoms with van der Waals surface area (Å²) < 4.78 is 4.40. The Bertz CT molecular complexity index is 117. The van der Waals surface area contributed by atoms with Crippen LogP contribution in [0.3, 0.4) is 0 Å². The Morgan fingerprint density at radius 3 is 2.27 bits per heavy atom. The Morgan fingerprint density at radius 1 is 1.55 bits per heavy atom. The molecule has 0 aliphatic rings. The minimum Gasteiger partial charge on any atom is -0.469 e. The van der Waals surface area contributed by atoms with Gasteiger partial charge in [-0.3, -0.25) is 4.79 Å². The number of esters is 1. The summed E-state index contributed by atoms with van der Waals surface area (Å²) in [4.78, 5) is 10.5. The van der Waals surface area contributed by atoms with Crippen LogP contribution < -0.4 is 6.15 Å². The van der Waals surface area contributed by atoms with E-state index in [0.29, 0.717) is 6.42 Å². The van der Waals surface area contributed by atoms with Gasteiger partial charge < -0.3 is 16.0 Å². The van der Waals surface area contributed by atoms with E-state index in [1.807, 2.05) is 0 Å². The fraction of sp³-hybridized carbons (Fsp3) is 0.857. The Labute approximate surface area is 67.1 Å². The van der Waals surface area contributed by atoms with E-state index >= 15 is 0 Å². The molecule has 0 radical (unpaired) electrons. The van der Waals surface area contributed by atoms with Crippen LogP contribution in [0.25, 0.3) is 0 Å². The lowest BCUT2D eigenvalue weighted by atomic mass is 10.0. The van der Waals surface area contributed by atoms with E-state index < -0.39 is 5.60 Å². The maximum atomic E-state index is 10.5. The molecule has 0 fully saturated rings. The monoisotopic (exact) mass is 163 g/mol. The Morgan fingerprint density at radius 2 is 2.00 bits per heavy atom. The molecule has 68 valence electrons. The van der Waals surface area contributed by atoms with Crippen LogP contribution in [0.2, 0.25) is 0 Å². The molecular formula is C7H17NO3. The zero-order valence-corrected chi connectivity index (χ0v) is 7.39. The predicted molar refractivity (Wildman–Crippen MR) is 42.6 cm³/mol. The van der Waals surface area contributed by atoms with Crippen molar-refractivity contribution in [2.45, 2.75) is 32.3 Å². The molecule has 4 nitrogen and oxygen atoms in total. The molecule has 0 aliphatic heterocycles. The van der Waals surface area contributed by atoms with Gasteiger partial charge in [-0.05, 0) is 20.3 Å². The van der Waals surface area contributed by atoms with Crippen molar-refractivity contribution in [3.8, 4) is 0 Å². The van der Waals surface area contributed by atoms with Gasteiger partial charge in [0.2, 0.25) is 0 Å². The van der Waals surface area contributed by atoms with Gasteiger partial charge in [-0.15, -0.1) is 0 Å². The number of carbonyl (C=O) groups is 1. The molecule has 0 amide bonds. The molecule has 0 rings (SSSR count). The van der Waals surface area contributed by atoms with Gasteiger partial charge in [-0.25, -0.2) is 0 Å². The summed E-state index contributed by atoms with van der Waals surface area (Å²) in [6.07, 6.45) is 0.722. The lowest BCUT2D eigenvalue weighted by molar-refractivity contribution is -0.141. The van der Waals surface area contributed by atoms with Crippen molar-refractivity contribution in [1.82, 2.24) is 6.15 Å². The summed E-state index contributed by atoms with van der Waals surface area (Å²) in [5.74, 6) is -0.276. The molecule has 0 heterocycles. The van der Waals surface area contributed by atoms with Crippen molar-refractivity contribution in [2.75, 3.05) is 7.11 Å². The van der Waals surface area contributed by atoms with Gasteiger partial charge in [0, 0.05) is 6.42 Å². The molecule has 0 aliphatic carbocycles. The molecule has 4 heteroatoms. The van der Waals surface area contributed by atoms with Crippen molar-refractivity contribution in [2.24, 2.45) is 0 Å². The molecule has 0 saturated heterocycles. The summed E-state index contributed by atoms with van der Waals surface area (Å²) in [7, 11) is 1.34. The molecule has 0 aromatic rings. The van der Waals surface area contributed by atoms with E-state index in [4.69, 9.17) is 5.11 Å². The highest BCUT2D eigenvalue weighted by molar-refractivity contribution is 5.69. The fourth-order valence-corrected chi connectivity index (χ4v) is 0.510. The molecule has 0 unspecified atom stereocenters. The summed E-state index contributed by atoms with van der Waals surface area (Å²) >= 11 is 0. The molecule has 4 N–H and O–H groups in total. The lowest BCUT2D eigenvalue weighted by Gasteiger charge is -2.15. The van der Waals surface area contributed by atoms with Crippen LogP contribution >= 0.6 is 0 Å². The fourth-order valence-electron chi connectivity index (χ4n) is 0.510. The van der Waals surface area contributed by atoms with E-state index in [-0.39, 0.29) is 18.5 Å². The van der Waals surface area contributed by atoms with Gasteiger partial charge in [-0.2, -0.15) is 0 Å². The quantitative estimate of drug-likeness (QED) is 0.605. The number of hydrogen-bond acceptors (Lipinski definition) is 4. The first kappa shape index (κ1) is 13.0. The zero-order chi connectivity index (χ0) is 8.20. The second kappa shape index (κ2) is 5.09. The van der Waals surface area contributed by atoms with Gasteiger partial charge in [-0.1, -0.05) is 0 Å². The topological polar surface area (TPSA) is 81.5 Å². The van der Waals surface area contributed by atoms with Gasteiger partial charge in [0.05, 0.1) is 12.7 Å². The number of hydrogen-bond donors (Lipinski definition) is 2. The lowest BCUT2D eigenvalue weighted by Crippen LogP contribution is -2.20. The SMILES string of the molecule is COC(=O)CCC(C)(C)O.N. The molecule has 11 heavy (non-hydrogen) atoms. The predicted octanol–water partition coefficient (Wildman–Crippen LogP) is 0.872. The Balaban J connectivity index is 0. The summed E-state index contributed by atoms with van der Waals surface area (Å²) in [6, 6.07) is 0. The van der Waals surface area contributed by atoms with Crippen LogP contribution in [0.1, 0.15) is 26.7 Å². The van der Waals surface area contributed by atoms with Crippen LogP contribution in [0, 0.1) is 0 Å². The number of aliphatic hydroxyl groups is 1. The summed E-state index contributed by atoms with van der Waals surface area (Å²) in [6.45, 7) is 3.33. The standard InChI is InChI=1S/C7H14O3.H3N/c1-7(2,9)5-4-6(8)10-3;/h9H,4-5H2,1-3H3;1H3. The van der Waals surface area contributed by atoms with Crippen LogP contribution in [0.5, 0.6) is 0 Å². The van der Waals surface area contributed by atoms with E-state index in [0.717, 1.165) is 0 Å². The van der Waals surface area contributed by atoms with E-state index in [2.05, 4.69) is 4.74 Å². The third-order valence-electron chi connectivity index (χ3n) is 1.17. The number of methoxy groups -OCH3 is 1. The van der Waals surface area contributed by atoms with E-state index in [1.165, 1.54) is 7.11 Å². The molecule has 0 aromatic heterocycles. The maximum absolute atomic E-state index is 10.5. The first-order valence-corrected chi connectivity index (χ1v) is 3.25. The molecule has 0 aromatic carbocycles. The highest BCUT2D eigenvalue weighted by Gasteiger charge is 2.14. The highest BCUT2D eigenvalue weighted by atomic mass is 16.5. The van der Waals surface area contributed by atoms with Crippen LogP contribution in [-0.2, 0) is 9.53 Å². The van der Waals surface area contributed by atoms with Crippen LogP contribution in [0.15, 0.2) is 0 Å². The molecule has 0 spiro atoms. The third-order valence-corrected chi connectivity index (χ3v) is 1.17. The first-order valence-electron chi connectivity index (χ1n) is 3.25. The first-order chi connectivity index (χ1) is 4.45. The minimum absolute atomic E-state index is 0. The van der Waals surface area contributed by atoms with Crippen LogP contribution in [-0.4, -0.2) is 23.8 Å². The summed E-state index contributed by atoms with van der Waals surface area (Å²) in [5.41, 5.74) is -0.770. The van der Waals surface area contributed by atoms with Crippen LogP contribution in [0.4, 0.5) is 0 Å². The van der Waals surface area contributed by atoms with Crippen molar-refractivity contribution in [3.63, 3.8) is 0 Å². The minimum atomic E-state index is -0.770. The van der Waals surface area contributed by atoms with Crippen molar-refractivity contribution >= 4 is 5.97 Å². The smallest absolute Gasteiger partial charge is 0.305 e. The van der Waals surface area contributed by atoms with Crippen molar-refractivity contribution < 1.29 is 14.6 Å².